The summed E-state index contributed by atoms with van der Waals surface area (Å²) >= 11 is 0. The highest BCUT2D eigenvalue weighted by Gasteiger charge is 2.18. The van der Waals surface area contributed by atoms with Crippen LogP contribution in [0.15, 0.2) is 0 Å². The van der Waals surface area contributed by atoms with E-state index in [0.29, 0.717) is 25.5 Å². The van der Waals surface area contributed by atoms with Gasteiger partial charge in [-0.2, -0.15) is 0 Å². The molecule has 0 aromatic carbocycles. The summed E-state index contributed by atoms with van der Waals surface area (Å²) in [6.07, 6.45) is 1.61. The van der Waals surface area contributed by atoms with Crippen LogP contribution in [0.1, 0.15) is 12.8 Å². The SMILES string of the molecule is COCCNCCNC(=O)CC1CCOC1. The van der Waals surface area contributed by atoms with Gasteiger partial charge in [0.25, 0.3) is 0 Å². The minimum absolute atomic E-state index is 0.129. The van der Waals surface area contributed by atoms with Crippen LogP contribution >= 0.6 is 0 Å². The van der Waals surface area contributed by atoms with Crippen LogP contribution in [0.25, 0.3) is 0 Å². The summed E-state index contributed by atoms with van der Waals surface area (Å²) in [7, 11) is 1.67. The van der Waals surface area contributed by atoms with Gasteiger partial charge < -0.3 is 20.1 Å². The van der Waals surface area contributed by atoms with E-state index in [4.69, 9.17) is 9.47 Å². The number of hydrogen-bond acceptors (Lipinski definition) is 4. The van der Waals surface area contributed by atoms with Crippen LogP contribution in [-0.4, -0.2) is 52.5 Å². The summed E-state index contributed by atoms with van der Waals surface area (Å²) in [5, 5.41) is 6.06. The van der Waals surface area contributed by atoms with Crippen LogP contribution in [0.4, 0.5) is 0 Å². The lowest BCUT2D eigenvalue weighted by molar-refractivity contribution is -0.122. The maximum Gasteiger partial charge on any atom is 0.220 e. The number of carbonyl (C=O) groups is 1. The number of amides is 1. The van der Waals surface area contributed by atoms with Crippen molar-refractivity contribution in [2.75, 3.05) is 46.6 Å². The van der Waals surface area contributed by atoms with Gasteiger partial charge in [0.1, 0.15) is 0 Å². The second kappa shape index (κ2) is 8.50. The Labute approximate surface area is 96.9 Å². The molecule has 0 radical (unpaired) electrons. The predicted octanol–water partition coefficient (Wildman–Crippen LogP) is -0.235. The van der Waals surface area contributed by atoms with E-state index in [0.717, 1.165) is 32.7 Å². The van der Waals surface area contributed by atoms with Crippen molar-refractivity contribution < 1.29 is 14.3 Å². The first kappa shape index (κ1) is 13.4. The molecular formula is C11H22N2O3. The summed E-state index contributed by atoms with van der Waals surface area (Å²) in [4.78, 5) is 11.5. The molecule has 0 aromatic rings. The van der Waals surface area contributed by atoms with Gasteiger partial charge in [-0.05, 0) is 12.3 Å². The normalized spacial score (nSPS) is 19.9. The molecule has 5 nitrogen and oxygen atoms in total. The van der Waals surface area contributed by atoms with E-state index in [1.54, 1.807) is 7.11 Å². The molecule has 2 N–H and O–H groups in total. The van der Waals surface area contributed by atoms with Crippen molar-refractivity contribution in [1.29, 1.82) is 0 Å². The first-order valence-corrected chi connectivity index (χ1v) is 5.87. The van der Waals surface area contributed by atoms with Gasteiger partial charge >= 0.3 is 0 Å². The zero-order valence-corrected chi connectivity index (χ0v) is 9.96. The molecule has 1 fully saturated rings. The first-order valence-electron chi connectivity index (χ1n) is 5.87. The van der Waals surface area contributed by atoms with Crippen LogP contribution in [0.2, 0.25) is 0 Å². The summed E-state index contributed by atoms with van der Waals surface area (Å²) < 4.78 is 10.1. The lowest BCUT2D eigenvalue weighted by atomic mass is 10.1. The van der Waals surface area contributed by atoms with Gasteiger partial charge in [-0.15, -0.1) is 0 Å². The molecule has 1 atom stereocenters. The molecule has 0 aromatic heterocycles. The third-order valence-corrected chi connectivity index (χ3v) is 2.60. The average molecular weight is 230 g/mol. The third-order valence-electron chi connectivity index (χ3n) is 2.60. The fourth-order valence-electron chi connectivity index (χ4n) is 1.67. The van der Waals surface area contributed by atoms with Gasteiger partial charge in [-0.25, -0.2) is 0 Å². The van der Waals surface area contributed by atoms with E-state index >= 15 is 0 Å². The van der Waals surface area contributed by atoms with E-state index in [9.17, 15) is 4.79 Å². The minimum atomic E-state index is 0.129. The lowest BCUT2D eigenvalue weighted by Gasteiger charge is -2.09. The molecule has 1 aliphatic rings. The Morgan fingerprint density at radius 2 is 2.31 bits per heavy atom. The van der Waals surface area contributed by atoms with E-state index in [-0.39, 0.29) is 5.91 Å². The van der Waals surface area contributed by atoms with Gasteiger partial charge in [0.2, 0.25) is 5.91 Å². The Balaban J connectivity index is 1.89. The smallest absolute Gasteiger partial charge is 0.220 e. The molecule has 94 valence electrons. The topological polar surface area (TPSA) is 59.6 Å². The highest BCUT2D eigenvalue weighted by atomic mass is 16.5. The highest BCUT2D eigenvalue weighted by molar-refractivity contribution is 5.76. The fraction of sp³-hybridized carbons (Fsp3) is 0.909. The summed E-state index contributed by atoms with van der Waals surface area (Å²) in [6, 6.07) is 0. The predicted molar refractivity (Wildman–Crippen MR) is 61.3 cm³/mol. The van der Waals surface area contributed by atoms with E-state index < -0.39 is 0 Å². The van der Waals surface area contributed by atoms with Crippen LogP contribution in [0.5, 0.6) is 0 Å². The van der Waals surface area contributed by atoms with Crippen molar-refractivity contribution in [3.05, 3.63) is 0 Å². The maximum absolute atomic E-state index is 11.5. The number of rotatable bonds is 8. The largest absolute Gasteiger partial charge is 0.383 e. The second-order valence-corrected chi connectivity index (χ2v) is 4.03. The van der Waals surface area contributed by atoms with E-state index in [1.165, 1.54) is 0 Å². The van der Waals surface area contributed by atoms with Gasteiger partial charge in [0.15, 0.2) is 0 Å². The molecule has 1 unspecified atom stereocenters. The highest BCUT2D eigenvalue weighted by Crippen LogP contribution is 2.15. The van der Waals surface area contributed by atoms with Crippen LogP contribution in [0.3, 0.4) is 0 Å². The average Bonchev–Trinajstić information content (AvgIpc) is 2.76. The number of ether oxygens (including phenoxy) is 2. The molecule has 16 heavy (non-hydrogen) atoms. The van der Waals surface area contributed by atoms with Crippen molar-refractivity contribution in [2.45, 2.75) is 12.8 Å². The molecular weight excluding hydrogens is 208 g/mol. The number of carbonyl (C=O) groups excluding carboxylic acids is 1. The minimum Gasteiger partial charge on any atom is -0.383 e. The Morgan fingerprint density at radius 3 is 3.00 bits per heavy atom. The van der Waals surface area contributed by atoms with Gasteiger partial charge in [0.05, 0.1) is 6.61 Å². The molecule has 1 saturated heterocycles. The number of methoxy groups -OCH3 is 1. The Hall–Kier alpha value is -0.650. The quantitative estimate of drug-likeness (QED) is 0.565. The molecule has 1 aliphatic heterocycles. The molecule has 0 spiro atoms. The Bertz CT molecular complexity index is 194. The van der Waals surface area contributed by atoms with Gasteiger partial charge in [-0.3, -0.25) is 4.79 Å². The van der Waals surface area contributed by atoms with Gasteiger partial charge in [0, 0.05) is 46.4 Å². The summed E-state index contributed by atoms with van der Waals surface area (Å²) in [5.74, 6) is 0.547. The van der Waals surface area contributed by atoms with Crippen LogP contribution in [0, 0.1) is 5.92 Å². The molecule has 1 heterocycles. The van der Waals surface area contributed by atoms with E-state index in [1.807, 2.05) is 0 Å². The Morgan fingerprint density at radius 1 is 1.44 bits per heavy atom. The molecule has 0 bridgehead atoms. The first-order chi connectivity index (χ1) is 7.83. The van der Waals surface area contributed by atoms with Crippen molar-refractivity contribution in [1.82, 2.24) is 10.6 Å². The van der Waals surface area contributed by atoms with Crippen molar-refractivity contribution >= 4 is 5.91 Å². The Kier molecular flexibility index (Phi) is 7.12. The molecule has 1 amide bonds. The maximum atomic E-state index is 11.5. The lowest BCUT2D eigenvalue weighted by Crippen LogP contribution is -2.33. The van der Waals surface area contributed by atoms with Crippen molar-refractivity contribution in [3.8, 4) is 0 Å². The summed E-state index contributed by atoms with van der Waals surface area (Å²) in [5.41, 5.74) is 0. The third kappa shape index (κ3) is 6.05. The molecule has 0 aliphatic carbocycles. The van der Waals surface area contributed by atoms with Crippen LogP contribution < -0.4 is 10.6 Å². The monoisotopic (exact) mass is 230 g/mol. The second-order valence-electron chi connectivity index (χ2n) is 4.03. The van der Waals surface area contributed by atoms with E-state index in [2.05, 4.69) is 10.6 Å². The summed E-state index contributed by atoms with van der Waals surface area (Å²) in [6.45, 7) is 4.53. The number of nitrogens with one attached hydrogen (secondary N) is 2. The zero-order chi connectivity index (χ0) is 11.6. The number of hydrogen-bond donors (Lipinski definition) is 2. The van der Waals surface area contributed by atoms with Gasteiger partial charge in [-0.1, -0.05) is 0 Å². The van der Waals surface area contributed by atoms with Crippen molar-refractivity contribution in [2.24, 2.45) is 5.92 Å². The molecule has 1 rings (SSSR count). The molecule has 0 saturated carbocycles. The van der Waals surface area contributed by atoms with Crippen LogP contribution in [-0.2, 0) is 14.3 Å². The fourth-order valence-corrected chi connectivity index (χ4v) is 1.67. The zero-order valence-electron chi connectivity index (χ0n) is 9.96. The van der Waals surface area contributed by atoms with Crippen molar-refractivity contribution in [3.63, 3.8) is 0 Å². The standard InChI is InChI=1S/C11H22N2O3/c1-15-7-5-12-3-4-13-11(14)8-10-2-6-16-9-10/h10,12H,2-9H2,1H3,(H,13,14). The molecule has 5 heteroatoms.